The van der Waals surface area contributed by atoms with Gasteiger partial charge < -0.3 is 8.85 Å². The molecule has 0 saturated heterocycles. The van der Waals surface area contributed by atoms with Crippen LogP contribution in [0.25, 0.3) is 0 Å². The second kappa shape index (κ2) is 5.51. The Kier molecular flexibility index (Phi) is 5.45. The molecular formula is C9H20O2Si. The van der Waals surface area contributed by atoms with Gasteiger partial charge in [0.1, 0.15) is 0 Å². The van der Waals surface area contributed by atoms with Crippen LogP contribution in [0.1, 0.15) is 20.3 Å². The highest BCUT2D eigenvalue weighted by Gasteiger charge is 2.31. The maximum atomic E-state index is 5.39. The molecule has 0 aromatic carbocycles. The van der Waals surface area contributed by atoms with Crippen LogP contribution < -0.4 is 0 Å². The molecule has 3 heteroatoms. The van der Waals surface area contributed by atoms with Crippen molar-refractivity contribution in [3.05, 3.63) is 12.3 Å². The summed E-state index contributed by atoms with van der Waals surface area (Å²) in [6, 6.07) is 1.00. The summed E-state index contributed by atoms with van der Waals surface area (Å²) < 4.78 is 10.8. The molecule has 0 aromatic rings. The summed E-state index contributed by atoms with van der Waals surface area (Å²) in [7, 11) is 1.40. The van der Waals surface area contributed by atoms with E-state index in [-0.39, 0.29) is 0 Å². The minimum atomic E-state index is -2.02. The Balaban J connectivity index is 4.02. The minimum absolute atomic E-state index is 0.696. The fourth-order valence-corrected chi connectivity index (χ4v) is 3.14. The Hall–Kier alpha value is -0.123. The van der Waals surface area contributed by atoms with Crippen molar-refractivity contribution in [3.8, 4) is 0 Å². The molecule has 0 heterocycles. The predicted octanol–water partition coefficient (Wildman–Crippen LogP) is 2.49. The van der Waals surface area contributed by atoms with E-state index in [0.717, 1.165) is 12.5 Å². The molecule has 0 bridgehead atoms. The molecule has 2 nitrogen and oxygen atoms in total. The second-order valence-electron chi connectivity index (χ2n) is 3.36. The van der Waals surface area contributed by atoms with Gasteiger partial charge in [0.05, 0.1) is 0 Å². The summed E-state index contributed by atoms with van der Waals surface area (Å²) in [5.74, 6) is 0.696. The number of rotatable bonds is 6. The van der Waals surface area contributed by atoms with Gasteiger partial charge in [-0.25, -0.2) is 0 Å². The highest BCUT2D eigenvalue weighted by atomic mass is 28.4. The Morgan fingerprint density at radius 2 is 1.83 bits per heavy atom. The lowest BCUT2D eigenvalue weighted by Gasteiger charge is -2.24. The zero-order valence-corrected chi connectivity index (χ0v) is 9.59. The fourth-order valence-electron chi connectivity index (χ4n) is 1.05. The number of hydrogen-bond donors (Lipinski definition) is 0. The molecule has 0 aliphatic carbocycles. The molecule has 0 amide bonds. The summed E-state index contributed by atoms with van der Waals surface area (Å²) in [4.78, 5) is 0. The van der Waals surface area contributed by atoms with Gasteiger partial charge in [-0.05, 0) is 24.1 Å². The van der Waals surface area contributed by atoms with E-state index in [2.05, 4.69) is 20.4 Å². The van der Waals surface area contributed by atoms with E-state index < -0.39 is 8.56 Å². The highest BCUT2D eigenvalue weighted by Crippen LogP contribution is 2.18. The van der Waals surface area contributed by atoms with E-state index in [9.17, 15) is 0 Å². The van der Waals surface area contributed by atoms with Crippen molar-refractivity contribution in [2.75, 3.05) is 14.2 Å². The second-order valence-corrected chi connectivity index (χ2v) is 6.71. The molecule has 12 heavy (non-hydrogen) atoms. The van der Waals surface area contributed by atoms with Gasteiger partial charge in [-0.3, -0.25) is 0 Å². The Bertz CT molecular complexity index is 130. The molecule has 0 unspecified atom stereocenters. The third-order valence-electron chi connectivity index (χ3n) is 2.07. The zero-order chi connectivity index (χ0) is 9.61. The average Bonchev–Trinajstić information content (AvgIpc) is 2.08. The third-order valence-corrected chi connectivity index (χ3v) is 5.06. The standard InChI is InChI=1S/C9H20O2Si/c1-6-12(10-4,11-5)8-7-9(2)3/h6,9H,1,7-8H2,2-5H3. The van der Waals surface area contributed by atoms with Gasteiger partial charge >= 0.3 is 8.56 Å². The van der Waals surface area contributed by atoms with Gasteiger partial charge in [0.25, 0.3) is 0 Å². The van der Waals surface area contributed by atoms with Crippen LogP contribution >= 0.6 is 0 Å². The quantitative estimate of drug-likeness (QED) is 0.596. The van der Waals surface area contributed by atoms with Gasteiger partial charge in [0.2, 0.25) is 0 Å². The fraction of sp³-hybridized carbons (Fsp3) is 0.778. The van der Waals surface area contributed by atoms with Crippen LogP contribution in [-0.4, -0.2) is 22.8 Å². The third kappa shape index (κ3) is 3.52. The summed E-state index contributed by atoms with van der Waals surface area (Å²) in [5.41, 5.74) is 1.86. The van der Waals surface area contributed by atoms with E-state index in [1.807, 2.05) is 5.70 Å². The molecule has 0 rings (SSSR count). The molecule has 0 saturated carbocycles. The van der Waals surface area contributed by atoms with Crippen molar-refractivity contribution in [2.24, 2.45) is 5.92 Å². The highest BCUT2D eigenvalue weighted by molar-refractivity contribution is 6.72. The topological polar surface area (TPSA) is 18.5 Å². The van der Waals surface area contributed by atoms with Gasteiger partial charge in [0, 0.05) is 14.2 Å². The molecule has 0 radical (unpaired) electrons. The van der Waals surface area contributed by atoms with Crippen molar-refractivity contribution in [2.45, 2.75) is 26.3 Å². The van der Waals surface area contributed by atoms with Crippen LogP contribution in [-0.2, 0) is 8.85 Å². The summed E-state index contributed by atoms with van der Waals surface area (Å²) in [6.07, 6.45) is 1.14. The first kappa shape index (κ1) is 11.9. The van der Waals surface area contributed by atoms with E-state index in [0.29, 0.717) is 5.92 Å². The SMILES string of the molecule is C=C[Si](CCC(C)C)(OC)OC. The van der Waals surface area contributed by atoms with Gasteiger partial charge in [0.15, 0.2) is 0 Å². The molecule has 0 aliphatic heterocycles. The van der Waals surface area contributed by atoms with Crippen molar-refractivity contribution in [1.82, 2.24) is 0 Å². The lowest BCUT2D eigenvalue weighted by atomic mass is 10.2. The van der Waals surface area contributed by atoms with Crippen LogP contribution in [0, 0.1) is 5.92 Å². The molecule has 0 atom stereocenters. The maximum absolute atomic E-state index is 5.39. The van der Waals surface area contributed by atoms with Gasteiger partial charge in [-0.2, -0.15) is 0 Å². The largest absolute Gasteiger partial charge is 0.395 e. The summed E-state index contributed by atoms with van der Waals surface area (Å²) in [6.45, 7) is 8.17. The first-order chi connectivity index (χ1) is 5.60. The van der Waals surface area contributed by atoms with E-state index in [1.165, 1.54) is 0 Å². The molecular weight excluding hydrogens is 168 g/mol. The molecule has 0 fully saturated rings. The Labute approximate surface area is 76.8 Å². The number of hydrogen-bond acceptors (Lipinski definition) is 2. The normalized spacial score (nSPS) is 12.1. The van der Waals surface area contributed by atoms with Crippen LogP contribution in [0.4, 0.5) is 0 Å². The minimum Gasteiger partial charge on any atom is -0.395 e. The molecule has 0 aromatic heterocycles. The van der Waals surface area contributed by atoms with Crippen molar-refractivity contribution >= 4 is 8.56 Å². The van der Waals surface area contributed by atoms with E-state index in [1.54, 1.807) is 14.2 Å². The Morgan fingerprint density at radius 1 is 1.33 bits per heavy atom. The molecule has 0 N–H and O–H groups in total. The average molecular weight is 188 g/mol. The predicted molar refractivity (Wildman–Crippen MR) is 54.2 cm³/mol. The maximum Gasteiger partial charge on any atom is 0.363 e. The van der Waals surface area contributed by atoms with Crippen LogP contribution in [0.15, 0.2) is 12.3 Å². The van der Waals surface area contributed by atoms with Crippen LogP contribution in [0.5, 0.6) is 0 Å². The lowest BCUT2D eigenvalue weighted by Crippen LogP contribution is -2.38. The van der Waals surface area contributed by atoms with Crippen molar-refractivity contribution < 1.29 is 8.85 Å². The first-order valence-electron chi connectivity index (χ1n) is 4.34. The van der Waals surface area contributed by atoms with Crippen molar-refractivity contribution in [1.29, 1.82) is 0 Å². The molecule has 0 spiro atoms. The van der Waals surface area contributed by atoms with Crippen molar-refractivity contribution in [3.63, 3.8) is 0 Å². The van der Waals surface area contributed by atoms with Crippen LogP contribution in [0.2, 0.25) is 6.04 Å². The summed E-state index contributed by atoms with van der Waals surface area (Å²) in [5, 5.41) is 0. The molecule has 0 aliphatic rings. The van der Waals surface area contributed by atoms with Gasteiger partial charge in [-0.1, -0.05) is 13.8 Å². The molecule has 72 valence electrons. The van der Waals surface area contributed by atoms with E-state index in [4.69, 9.17) is 8.85 Å². The monoisotopic (exact) mass is 188 g/mol. The summed E-state index contributed by atoms with van der Waals surface area (Å²) >= 11 is 0. The lowest BCUT2D eigenvalue weighted by molar-refractivity contribution is 0.253. The first-order valence-corrected chi connectivity index (χ1v) is 6.44. The zero-order valence-electron chi connectivity index (χ0n) is 8.59. The van der Waals surface area contributed by atoms with Gasteiger partial charge in [-0.15, -0.1) is 6.58 Å². The van der Waals surface area contributed by atoms with E-state index >= 15 is 0 Å². The van der Waals surface area contributed by atoms with Crippen LogP contribution in [0.3, 0.4) is 0 Å². The smallest absolute Gasteiger partial charge is 0.363 e. The Morgan fingerprint density at radius 3 is 2.08 bits per heavy atom.